The van der Waals surface area contributed by atoms with Crippen molar-refractivity contribution in [3.8, 4) is 11.5 Å². The van der Waals surface area contributed by atoms with Crippen LogP contribution in [0.5, 0.6) is 11.5 Å². The van der Waals surface area contributed by atoms with Gasteiger partial charge in [0.15, 0.2) is 4.90 Å². The molecule has 1 fully saturated rings. The maximum Gasteiger partial charge on any atom is 0.308 e. The van der Waals surface area contributed by atoms with Crippen molar-refractivity contribution < 1.29 is 27.8 Å². The largest absolute Gasteiger partial charge is 0.495 e. The lowest BCUT2D eigenvalue weighted by atomic mass is 9.92. The van der Waals surface area contributed by atoms with E-state index in [1.54, 1.807) is 25.1 Å². The van der Waals surface area contributed by atoms with Crippen LogP contribution in [0.25, 0.3) is 0 Å². The number of benzene rings is 1. The second kappa shape index (κ2) is 6.76. The predicted octanol–water partition coefficient (Wildman–Crippen LogP) is 1.58. The molecule has 0 aliphatic carbocycles. The molecule has 2 rings (SSSR count). The van der Waals surface area contributed by atoms with E-state index in [4.69, 9.17) is 9.47 Å². The van der Waals surface area contributed by atoms with Gasteiger partial charge in [-0.25, -0.2) is 8.42 Å². The fourth-order valence-electron chi connectivity index (χ4n) is 2.97. The molecule has 1 aliphatic rings. The Morgan fingerprint density at radius 3 is 2.30 bits per heavy atom. The van der Waals surface area contributed by atoms with E-state index in [9.17, 15) is 18.3 Å². The van der Waals surface area contributed by atoms with E-state index in [-0.39, 0.29) is 22.9 Å². The molecule has 8 heteroatoms. The van der Waals surface area contributed by atoms with E-state index in [0.29, 0.717) is 12.8 Å². The van der Waals surface area contributed by atoms with Crippen LogP contribution in [-0.4, -0.2) is 50.6 Å². The first kappa shape index (κ1) is 17.6. The van der Waals surface area contributed by atoms with Gasteiger partial charge in [-0.3, -0.25) is 4.79 Å². The van der Waals surface area contributed by atoms with Gasteiger partial charge in [0.1, 0.15) is 11.5 Å². The molecule has 0 saturated carbocycles. The van der Waals surface area contributed by atoms with E-state index < -0.39 is 28.0 Å². The highest BCUT2D eigenvalue weighted by molar-refractivity contribution is 7.89. The summed E-state index contributed by atoms with van der Waals surface area (Å²) >= 11 is 0. The minimum Gasteiger partial charge on any atom is -0.495 e. The molecule has 2 atom stereocenters. The molecule has 0 unspecified atom stereocenters. The molecule has 23 heavy (non-hydrogen) atoms. The second-order valence-electron chi connectivity index (χ2n) is 5.43. The number of carboxylic acid groups (broad SMARTS) is 1. The van der Waals surface area contributed by atoms with Gasteiger partial charge >= 0.3 is 5.97 Å². The van der Waals surface area contributed by atoms with Crippen LogP contribution in [0.15, 0.2) is 23.1 Å². The quantitative estimate of drug-likeness (QED) is 0.872. The number of methoxy groups -OCH3 is 2. The Morgan fingerprint density at radius 1 is 1.26 bits per heavy atom. The van der Waals surface area contributed by atoms with Crippen LogP contribution < -0.4 is 9.47 Å². The molecule has 0 aromatic heterocycles. The molecule has 128 valence electrons. The van der Waals surface area contributed by atoms with Crippen molar-refractivity contribution in [1.82, 2.24) is 4.31 Å². The maximum atomic E-state index is 13.1. The van der Waals surface area contributed by atoms with Crippen LogP contribution in [0.1, 0.15) is 19.8 Å². The van der Waals surface area contributed by atoms with Crippen molar-refractivity contribution in [2.45, 2.75) is 30.7 Å². The van der Waals surface area contributed by atoms with Gasteiger partial charge in [-0.05, 0) is 31.9 Å². The number of hydrogen-bond acceptors (Lipinski definition) is 5. The Labute approximate surface area is 135 Å². The standard InChI is InChI=1S/C15H21NO6S/c1-10-11(15(17)18)6-5-9-16(10)23(19,20)14-12(21-2)7-4-8-13(14)22-3/h4,7-8,10-11H,5-6,9H2,1-3H3,(H,17,18)/t10-,11-/m0/s1. The highest BCUT2D eigenvalue weighted by Crippen LogP contribution is 2.38. The smallest absolute Gasteiger partial charge is 0.308 e. The molecule has 1 aromatic rings. The van der Waals surface area contributed by atoms with Crippen LogP contribution in [0.4, 0.5) is 0 Å². The number of sulfonamides is 1. The molecule has 1 aliphatic heterocycles. The normalized spacial score (nSPS) is 22.6. The first-order valence-corrected chi connectivity index (χ1v) is 8.74. The zero-order valence-corrected chi connectivity index (χ0v) is 14.2. The molecule has 7 nitrogen and oxygen atoms in total. The molecule has 1 heterocycles. The number of hydrogen-bond donors (Lipinski definition) is 1. The van der Waals surface area contributed by atoms with Crippen molar-refractivity contribution in [3.05, 3.63) is 18.2 Å². The van der Waals surface area contributed by atoms with Crippen molar-refractivity contribution in [2.24, 2.45) is 5.92 Å². The van der Waals surface area contributed by atoms with Crippen LogP contribution in [-0.2, 0) is 14.8 Å². The zero-order chi connectivity index (χ0) is 17.2. The third kappa shape index (κ3) is 3.13. The first-order valence-electron chi connectivity index (χ1n) is 7.30. The molecule has 0 radical (unpaired) electrons. The highest BCUT2D eigenvalue weighted by atomic mass is 32.2. The SMILES string of the molecule is COc1cccc(OC)c1S(=O)(=O)N1CCC[C@H](C(=O)O)[C@@H]1C. The summed E-state index contributed by atoms with van der Waals surface area (Å²) in [5, 5.41) is 9.29. The van der Waals surface area contributed by atoms with Gasteiger partial charge in [0.05, 0.1) is 20.1 Å². The van der Waals surface area contributed by atoms with Crippen molar-refractivity contribution in [1.29, 1.82) is 0 Å². The van der Waals surface area contributed by atoms with Gasteiger partial charge in [-0.15, -0.1) is 0 Å². The zero-order valence-electron chi connectivity index (χ0n) is 13.4. The molecule has 0 amide bonds. The number of carboxylic acids is 1. The second-order valence-corrected chi connectivity index (χ2v) is 7.26. The lowest BCUT2D eigenvalue weighted by Gasteiger charge is -2.36. The van der Waals surface area contributed by atoms with Gasteiger partial charge < -0.3 is 14.6 Å². The Bertz CT molecular complexity index is 665. The number of carbonyl (C=O) groups is 1. The number of ether oxygens (including phenoxy) is 2. The van der Waals surface area contributed by atoms with E-state index in [1.165, 1.54) is 18.5 Å². The minimum absolute atomic E-state index is 0.0668. The summed E-state index contributed by atoms with van der Waals surface area (Å²) in [6.07, 6.45) is 0.962. The number of rotatable bonds is 5. The molecular weight excluding hydrogens is 322 g/mol. The minimum atomic E-state index is -3.94. The Balaban J connectivity index is 2.52. The van der Waals surface area contributed by atoms with Crippen LogP contribution in [0, 0.1) is 5.92 Å². The summed E-state index contributed by atoms with van der Waals surface area (Å²) in [6.45, 7) is 1.89. The lowest BCUT2D eigenvalue weighted by molar-refractivity contribution is -0.144. The van der Waals surface area contributed by atoms with Gasteiger partial charge in [0.2, 0.25) is 0 Å². The third-order valence-corrected chi connectivity index (χ3v) is 6.25. The summed E-state index contributed by atoms with van der Waals surface area (Å²) in [5.74, 6) is -1.35. The summed E-state index contributed by atoms with van der Waals surface area (Å²) in [7, 11) is -1.18. The van der Waals surface area contributed by atoms with Crippen LogP contribution >= 0.6 is 0 Å². The molecular formula is C15H21NO6S. The Hall–Kier alpha value is -1.80. The molecule has 0 bridgehead atoms. The van der Waals surface area contributed by atoms with Crippen molar-refractivity contribution in [3.63, 3.8) is 0 Å². The summed E-state index contributed by atoms with van der Waals surface area (Å²) < 4.78 is 37.8. The number of nitrogens with zero attached hydrogens (tertiary/aromatic N) is 1. The van der Waals surface area contributed by atoms with E-state index in [1.807, 2.05) is 0 Å². The average Bonchev–Trinajstić information content (AvgIpc) is 2.53. The van der Waals surface area contributed by atoms with Gasteiger partial charge in [0, 0.05) is 12.6 Å². The number of piperidine rings is 1. The molecule has 1 aromatic carbocycles. The molecule has 0 spiro atoms. The third-order valence-electron chi connectivity index (χ3n) is 4.20. The molecule has 1 saturated heterocycles. The van der Waals surface area contributed by atoms with Gasteiger partial charge in [0.25, 0.3) is 10.0 Å². The maximum absolute atomic E-state index is 13.1. The fraction of sp³-hybridized carbons (Fsp3) is 0.533. The predicted molar refractivity (Wildman–Crippen MR) is 83.3 cm³/mol. The van der Waals surface area contributed by atoms with E-state index >= 15 is 0 Å². The fourth-order valence-corrected chi connectivity index (χ4v) is 4.97. The van der Waals surface area contributed by atoms with Crippen molar-refractivity contribution >= 4 is 16.0 Å². The Morgan fingerprint density at radius 2 is 1.83 bits per heavy atom. The monoisotopic (exact) mass is 343 g/mol. The topological polar surface area (TPSA) is 93.1 Å². The average molecular weight is 343 g/mol. The number of aliphatic carboxylic acids is 1. The van der Waals surface area contributed by atoms with Crippen LogP contribution in [0.3, 0.4) is 0 Å². The van der Waals surface area contributed by atoms with Crippen LogP contribution in [0.2, 0.25) is 0 Å². The van der Waals surface area contributed by atoms with E-state index in [0.717, 1.165) is 0 Å². The molecule has 1 N–H and O–H groups in total. The summed E-state index contributed by atoms with van der Waals surface area (Å²) in [4.78, 5) is 11.3. The Kier molecular flexibility index (Phi) is 5.16. The van der Waals surface area contributed by atoms with Crippen molar-refractivity contribution in [2.75, 3.05) is 20.8 Å². The lowest BCUT2D eigenvalue weighted by Crippen LogP contribution is -2.49. The van der Waals surface area contributed by atoms with Gasteiger partial charge in [-0.1, -0.05) is 6.07 Å². The first-order chi connectivity index (χ1) is 10.8. The summed E-state index contributed by atoms with van der Waals surface area (Å²) in [6, 6.07) is 4.08. The summed E-state index contributed by atoms with van der Waals surface area (Å²) in [5.41, 5.74) is 0. The van der Waals surface area contributed by atoms with E-state index in [2.05, 4.69) is 0 Å². The highest BCUT2D eigenvalue weighted by Gasteiger charge is 2.41. The van der Waals surface area contributed by atoms with Gasteiger partial charge in [-0.2, -0.15) is 4.31 Å².